The van der Waals surface area contributed by atoms with Crippen molar-refractivity contribution in [1.29, 1.82) is 0 Å². The highest BCUT2D eigenvalue weighted by Crippen LogP contribution is 2.35. The van der Waals surface area contributed by atoms with Gasteiger partial charge in [0, 0.05) is 73.8 Å². The lowest BCUT2D eigenvalue weighted by Gasteiger charge is -2.11. The molecule has 214 valence electrons. The molecule has 3 aromatic carbocycles. The molecular formula is C34H21ClN10. The van der Waals surface area contributed by atoms with Crippen molar-refractivity contribution in [2.75, 3.05) is 0 Å². The van der Waals surface area contributed by atoms with E-state index in [1.54, 1.807) is 12.4 Å². The van der Waals surface area contributed by atoms with Gasteiger partial charge in [0.2, 0.25) is 0 Å². The zero-order valence-electron chi connectivity index (χ0n) is 23.4. The van der Waals surface area contributed by atoms with Crippen LogP contribution in [0.4, 0.5) is 0 Å². The fraction of sp³-hybridized carbons (Fsp3) is 0. The van der Waals surface area contributed by atoms with Crippen LogP contribution in [0.3, 0.4) is 0 Å². The highest BCUT2D eigenvalue weighted by atomic mass is 35.5. The summed E-state index contributed by atoms with van der Waals surface area (Å²) in [4.78, 5) is 26.5. The van der Waals surface area contributed by atoms with Gasteiger partial charge in [-0.15, -0.1) is 0 Å². The fourth-order valence-electron chi connectivity index (χ4n) is 5.57. The van der Waals surface area contributed by atoms with Crippen LogP contribution in [0, 0.1) is 0 Å². The van der Waals surface area contributed by atoms with Crippen molar-refractivity contribution in [3.8, 4) is 34.0 Å². The minimum atomic E-state index is 0.460. The van der Waals surface area contributed by atoms with Crippen LogP contribution in [-0.2, 0) is 0 Å². The van der Waals surface area contributed by atoms with Crippen molar-refractivity contribution in [3.05, 3.63) is 121 Å². The third-order valence-electron chi connectivity index (χ3n) is 7.59. The number of aromatic nitrogens is 10. The van der Waals surface area contributed by atoms with E-state index in [1.807, 2.05) is 73.1 Å². The molecule has 0 aliphatic heterocycles. The highest BCUT2D eigenvalue weighted by Gasteiger charge is 2.15. The van der Waals surface area contributed by atoms with Gasteiger partial charge in [-0.25, -0.2) is 19.9 Å². The Morgan fingerprint density at radius 3 is 1.69 bits per heavy atom. The number of halogens is 1. The number of para-hydroxylation sites is 2. The van der Waals surface area contributed by atoms with Gasteiger partial charge in [0.15, 0.2) is 11.6 Å². The van der Waals surface area contributed by atoms with Crippen molar-refractivity contribution < 1.29 is 0 Å². The first-order valence-corrected chi connectivity index (χ1v) is 14.4. The van der Waals surface area contributed by atoms with Crippen LogP contribution in [0.2, 0.25) is 5.15 Å². The molecule has 45 heavy (non-hydrogen) atoms. The van der Waals surface area contributed by atoms with Crippen molar-refractivity contribution in [3.63, 3.8) is 0 Å². The van der Waals surface area contributed by atoms with Gasteiger partial charge >= 0.3 is 0 Å². The Labute approximate surface area is 260 Å². The number of H-pyrrole nitrogens is 2. The number of benzene rings is 3. The smallest absolute Gasteiger partial charge is 0.157 e. The summed E-state index contributed by atoms with van der Waals surface area (Å²) in [5.74, 6) is 1.38. The van der Waals surface area contributed by atoms with Crippen LogP contribution in [0.5, 0.6) is 0 Å². The molecular weight excluding hydrogens is 584 g/mol. The van der Waals surface area contributed by atoms with Gasteiger partial charge in [-0.1, -0.05) is 66.2 Å². The number of nitrogens with zero attached hydrogens (tertiary/aromatic N) is 8. The lowest BCUT2D eigenvalue weighted by molar-refractivity contribution is 1.10. The van der Waals surface area contributed by atoms with E-state index in [0.717, 1.165) is 65.7 Å². The molecule has 2 N–H and O–H groups in total. The summed E-state index contributed by atoms with van der Waals surface area (Å²) < 4.78 is 0. The number of hydrogen-bond donors (Lipinski definition) is 2. The minimum absolute atomic E-state index is 0.460. The average Bonchev–Trinajstić information content (AvgIpc) is 3.84. The van der Waals surface area contributed by atoms with E-state index in [1.165, 1.54) is 12.7 Å². The molecule has 6 aromatic heterocycles. The molecule has 0 radical (unpaired) electrons. The Hall–Kier alpha value is -6.13. The molecule has 0 bridgehead atoms. The van der Waals surface area contributed by atoms with Gasteiger partial charge in [-0.3, -0.25) is 20.2 Å². The summed E-state index contributed by atoms with van der Waals surface area (Å²) in [5, 5.41) is 20.2. The molecule has 11 heteroatoms. The third-order valence-corrected chi connectivity index (χ3v) is 7.88. The third kappa shape index (κ3) is 4.70. The lowest BCUT2D eigenvalue weighted by Crippen LogP contribution is -1.93. The standard InChI is InChI=1S/C20H13N5.C14H8ClN5/c1-2-5-13(6-3-1)18-15-9-10-21-11-17(15)14-7-4-8-16(19(14)24-18)20-22-12-23-25-20;15-13-9-4-5-16-6-11(9)8-2-1-3-10(12(8)19-13)14-17-7-18-20-14/h1-12H,(H,22,23,25);1-7H,(H,17,18,20). The lowest BCUT2D eigenvalue weighted by atomic mass is 9.99. The van der Waals surface area contributed by atoms with Crippen molar-refractivity contribution in [2.45, 2.75) is 0 Å². The Balaban J connectivity index is 0.000000137. The van der Waals surface area contributed by atoms with Gasteiger partial charge in [0.05, 0.1) is 16.7 Å². The first-order chi connectivity index (χ1) is 22.3. The van der Waals surface area contributed by atoms with E-state index in [4.69, 9.17) is 16.6 Å². The number of nitrogens with one attached hydrogen (secondary N) is 2. The Morgan fingerprint density at radius 2 is 1.09 bits per heavy atom. The maximum absolute atomic E-state index is 6.28. The predicted octanol–water partition coefficient (Wildman–Crippen LogP) is 7.46. The SMILES string of the molecule is Clc1nc2c(-c3ncn[nH]3)cccc2c2cnccc12.c1ccc(-c2nc3c(-c4ncn[nH]4)cccc3c3cnccc23)cc1. The molecule has 0 aliphatic carbocycles. The van der Waals surface area contributed by atoms with Gasteiger partial charge in [0.1, 0.15) is 17.8 Å². The number of fused-ring (bicyclic) bond motifs is 6. The summed E-state index contributed by atoms with van der Waals surface area (Å²) in [6, 6.07) is 26.1. The van der Waals surface area contributed by atoms with Crippen molar-refractivity contribution in [2.24, 2.45) is 0 Å². The van der Waals surface area contributed by atoms with Crippen molar-refractivity contribution >= 4 is 55.0 Å². The Kier molecular flexibility index (Phi) is 6.58. The molecule has 0 unspecified atom stereocenters. The molecule has 9 aromatic rings. The van der Waals surface area contributed by atoms with Crippen LogP contribution in [0.25, 0.3) is 77.4 Å². The predicted molar refractivity (Wildman–Crippen MR) is 175 cm³/mol. The van der Waals surface area contributed by atoms with Gasteiger partial charge in [-0.2, -0.15) is 10.2 Å². The monoisotopic (exact) mass is 604 g/mol. The number of aromatic amines is 2. The van der Waals surface area contributed by atoms with Gasteiger partial charge < -0.3 is 0 Å². The molecule has 0 aliphatic rings. The zero-order chi connectivity index (χ0) is 30.2. The molecule has 0 saturated carbocycles. The van der Waals surface area contributed by atoms with E-state index in [9.17, 15) is 0 Å². The fourth-order valence-corrected chi connectivity index (χ4v) is 5.82. The second-order valence-electron chi connectivity index (χ2n) is 10.1. The number of rotatable bonds is 3. The highest BCUT2D eigenvalue weighted by molar-refractivity contribution is 6.36. The zero-order valence-corrected chi connectivity index (χ0v) is 24.2. The number of hydrogen-bond acceptors (Lipinski definition) is 8. The van der Waals surface area contributed by atoms with Crippen LogP contribution >= 0.6 is 11.6 Å². The molecule has 0 atom stereocenters. The van der Waals surface area contributed by atoms with Crippen LogP contribution < -0.4 is 0 Å². The average molecular weight is 605 g/mol. The summed E-state index contributed by atoms with van der Waals surface area (Å²) in [6.45, 7) is 0. The topological polar surface area (TPSA) is 135 Å². The molecule has 0 fully saturated rings. The number of pyridine rings is 4. The van der Waals surface area contributed by atoms with E-state index in [-0.39, 0.29) is 0 Å². The van der Waals surface area contributed by atoms with Gasteiger partial charge in [0.25, 0.3) is 0 Å². The summed E-state index contributed by atoms with van der Waals surface area (Å²) in [5.41, 5.74) is 5.49. The maximum atomic E-state index is 6.28. The molecule has 9 rings (SSSR count). The maximum Gasteiger partial charge on any atom is 0.157 e. The normalized spacial score (nSPS) is 11.2. The molecule has 0 amide bonds. The first-order valence-electron chi connectivity index (χ1n) is 14.0. The summed E-state index contributed by atoms with van der Waals surface area (Å²) in [7, 11) is 0. The molecule has 6 heterocycles. The quantitative estimate of drug-likeness (QED) is 0.157. The largest absolute Gasteiger partial charge is 0.264 e. The summed E-state index contributed by atoms with van der Waals surface area (Å²) >= 11 is 6.28. The van der Waals surface area contributed by atoms with Crippen LogP contribution in [0.1, 0.15) is 0 Å². The van der Waals surface area contributed by atoms with E-state index < -0.39 is 0 Å². The molecule has 0 saturated heterocycles. The summed E-state index contributed by atoms with van der Waals surface area (Å²) in [6.07, 6.45) is 10.2. The van der Waals surface area contributed by atoms with E-state index in [0.29, 0.717) is 16.8 Å². The van der Waals surface area contributed by atoms with Crippen molar-refractivity contribution in [1.82, 2.24) is 50.3 Å². The second kappa shape index (κ2) is 11.2. The van der Waals surface area contributed by atoms with E-state index >= 15 is 0 Å². The second-order valence-corrected chi connectivity index (χ2v) is 10.5. The Bertz CT molecular complexity index is 2450. The van der Waals surface area contributed by atoms with E-state index in [2.05, 4.69) is 63.5 Å². The molecule has 10 nitrogen and oxygen atoms in total. The Morgan fingerprint density at radius 1 is 0.511 bits per heavy atom. The van der Waals surface area contributed by atoms with Crippen LogP contribution in [0.15, 0.2) is 116 Å². The first kappa shape index (κ1) is 26.5. The minimum Gasteiger partial charge on any atom is -0.264 e. The van der Waals surface area contributed by atoms with Gasteiger partial charge in [-0.05, 0) is 24.3 Å². The molecule has 0 spiro atoms. The van der Waals surface area contributed by atoms with Crippen LogP contribution in [-0.4, -0.2) is 50.3 Å².